The molecule has 112 valence electrons. The van der Waals surface area contributed by atoms with Crippen LogP contribution in [0.4, 0.5) is 4.39 Å². The zero-order valence-corrected chi connectivity index (χ0v) is 12.9. The number of halogens is 2. The first kappa shape index (κ1) is 15.8. The fourth-order valence-electron chi connectivity index (χ4n) is 1.86. The number of rotatable bonds is 6. The monoisotopic (exact) mass is 328 g/mol. The molecule has 0 fully saturated rings. The molecule has 1 aromatic heterocycles. The Hall–Kier alpha value is -1.59. The van der Waals surface area contributed by atoms with Crippen molar-refractivity contribution >= 4 is 28.9 Å². The number of carbonyl (C=O) groups is 1. The second kappa shape index (κ2) is 6.91. The van der Waals surface area contributed by atoms with Gasteiger partial charge in [-0.05, 0) is 30.7 Å². The van der Waals surface area contributed by atoms with Crippen molar-refractivity contribution in [3.8, 4) is 5.75 Å². The molecule has 0 saturated heterocycles. The third-order valence-corrected chi connectivity index (χ3v) is 4.23. The molecule has 6 heteroatoms. The van der Waals surface area contributed by atoms with Crippen LogP contribution in [0.1, 0.15) is 33.5 Å². The smallest absolute Gasteiger partial charge is 0.349 e. The minimum atomic E-state index is -1.04. The molecule has 0 saturated carbocycles. The molecule has 1 aromatic carbocycles. The van der Waals surface area contributed by atoms with E-state index >= 15 is 0 Å². The van der Waals surface area contributed by atoms with E-state index in [2.05, 4.69) is 0 Å². The average Bonchev–Trinajstić information content (AvgIpc) is 2.83. The molecule has 1 heterocycles. The SMILES string of the molecule is CCCc1cc(OCc2cc(Cl)ccc2F)c(C(=O)O)s1. The van der Waals surface area contributed by atoms with Gasteiger partial charge in [0.1, 0.15) is 18.2 Å². The standard InChI is InChI=1S/C15H14ClFO3S/c1-2-3-11-7-13(14(21-11)15(18)19)20-8-9-6-10(16)4-5-12(9)17/h4-7H,2-3,8H2,1H3,(H,18,19). The third kappa shape index (κ3) is 3.95. The Balaban J connectivity index is 2.18. The van der Waals surface area contributed by atoms with Crippen molar-refractivity contribution in [2.75, 3.05) is 0 Å². The minimum absolute atomic E-state index is 0.0605. The summed E-state index contributed by atoms with van der Waals surface area (Å²) in [5.41, 5.74) is 0.294. The van der Waals surface area contributed by atoms with Crippen LogP contribution in [0.15, 0.2) is 24.3 Å². The van der Waals surface area contributed by atoms with Crippen molar-refractivity contribution in [3.05, 3.63) is 50.4 Å². The molecule has 0 unspecified atom stereocenters. The number of carboxylic acids is 1. The van der Waals surface area contributed by atoms with Crippen LogP contribution in [0.2, 0.25) is 5.02 Å². The first-order valence-corrected chi connectivity index (χ1v) is 7.63. The van der Waals surface area contributed by atoms with E-state index in [1.54, 1.807) is 6.07 Å². The molecule has 0 aliphatic carbocycles. The topological polar surface area (TPSA) is 46.5 Å². The van der Waals surface area contributed by atoms with Crippen LogP contribution in [0.5, 0.6) is 5.75 Å². The van der Waals surface area contributed by atoms with Crippen molar-refractivity contribution in [2.24, 2.45) is 0 Å². The molecule has 21 heavy (non-hydrogen) atoms. The molecule has 0 bridgehead atoms. The number of ether oxygens (including phenoxy) is 1. The van der Waals surface area contributed by atoms with Crippen molar-refractivity contribution in [2.45, 2.75) is 26.4 Å². The maximum atomic E-state index is 13.6. The minimum Gasteiger partial charge on any atom is -0.487 e. The quantitative estimate of drug-likeness (QED) is 0.830. The van der Waals surface area contributed by atoms with E-state index in [1.165, 1.54) is 29.5 Å². The van der Waals surface area contributed by atoms with Gasteiger partial charge in [0.2, 0.25) is 0 Å². The predicted octanol–water partition coefficient (Wildman–Crippen LogP) is 4.77. The number of aromatic carboxylic acids is 1. The van der Waals surface area contributed by atoms with E-state index in [0.29, 0.717) is 10.6 Å². The maximum Gasteiger partial charge on any atom is 0.349 e. The van der Waals surface area contributed by atoms with Gasteiger partial charge in [-0.2, -0.15) is 0 Å². The van der Waals surface area contributed by atoms with Gasteiger partial charge in [-0.25, -0.2) is 9.18 Å². The lowest BCUT2D eigenvalue weighted by Gasteiger charge is -2.07. The molecule has 0 atom stereocenters. The highest BCUT2D eigenvalue weighted by atomic mass is 35.5. The van der Waals surface area contributed by atoms with Gasteiger partial charge in [-0.1, -0.05) is 24.9 Å². The van der Waals surface area contributed by atoms with E-state index in [0.717, 1.165) is 17.7 Å². The molecular formula is C15H14ClFO3S. The molecule has 0 amide bonds. The number of thiophene rings is 1. The Bertz CT molecular complexity index is 654. The van der Waals surface area contributed by atoms with Gasteiger partial charge in [0.15, 0.2) is 4.88 Å². The molecule has 2 rings (SSSR count). The second-order valence-electron chi connectivity index (χ2n) is 4.49. The van der Waals surface area contributed by atoms with E-state index < -0.39 is 11.8 Å². The Morgan fingerprint density at radius 3 is 2.86 bits per heavy atom. The highest BCUT2D eigenvalue weighted by Crippen LogP contribution is 2.31. The summed E-state index contributed by atoms with van der Waals surface area (Å²) in [7, 11) is 0. The lowest BCUT2D eigenvalue weighted by molar-refractivity contribution is 0.0697. The van der Waals surface area contributed by atoms with E-state index in [9.17, 15) is 14.3 Å². The Kier molecular flexibility index (Phi) is 5.20. The average molecular weight is 329 g/mol. The molecule has 2 aromatic rings. The summed E-state index contributed by atoms with van der Waals surface area (Å²) in [5, 5.41) is 9.59. The first-order chi connectivity index (χ1) is 10.0. The lowest BCUT2D eigenvalue weighted by Crippen LogP contribution is -2.01. The van der Waals surface area contributed by atoms with Crippen molar-refractivity contribution in [3.63, 3.8) is 0 Å². The highest BCUT2D eigenvalue weighted by Gasteiger charge is 2.17. The largest absolute Gasteiger partial charge is 0.487 e. The van der Waals surface area contributed by atoms with Gasteiger partial charge in [0.05, 0.1) is 0 Å². The lowest BCUT2D eigenvalue weighted by atomic mass is 10.2. The Morgan fingerprint density at radius 2 is 2.19 bits per heavy atom. The fourth-order valence-corrected chi connectivity index (χ4v) is 3.09. The van der Waals surface area contributed by atoms with Gasteiger partial charge in [0.25, 0.3) is 0 Å². The predicted molar refractivity (Wildman–Crippen MR) is 81.0 cm³/mol. The van der Waals surface area contributed by atoms with E-state index in [-0.39, 0.29) is 17.2 Å². The van der Waals surface area contributed by atoms with Crippen LogP contribution < -0.4 is 4.74 Å². The van der Waals surface area contributed by atoms with Gasteiger partial charge >= 0.3 is 5.97 Å². The number of carboxylic acid groups (broad SMARTS) is 1. The normalized spacial score (nSPS) is 10.6. The summed E-state index contributed by atoms with van der Waals surface area (Å²) in [6, 6.07) is 5.89. The van der Waals surface area contributed by atoms with Gasteiger partial charge in [0, 0.05) is 15.5 Å². The maximum absolute atomic E-state index is 13.6. The summed E-state index contributed by atoms with van der Waals surface area (Å²) in [4.78, 5) is 12.3. The van der Waals surface area contributed by atoms with Crippen molar-refractivity contribution in [1.82, 2.24) is 0 Å². The molecular weight excluding hydrogens is 315 g/mol. The first-order valence-electron chi connectivity index (χ1n) is 6.44. The van der Waals surface area contributed by atoms with Crippen LogP contribution in [0, 0.1) is 5.82 Å². The zero-order valence-electron chi connectivity index (χ0n) is 11.4. The number of hydrogen-bond acceptors (Lipinski definition) is 3. The summed E-state index contributed by atoms with van der Waals surface area (Å²) in [6.45, 7) is 1.96. The van der Waals surface area contributed by atoms with Gasteiger partial charge in [-0.15, -0.1) is 11.3 Å². The van der Waals surface area contributed by atoms with Gasteiger partial charge < -0.3 is 9.84 Å². The zero-order chi connectivity index (χ0) is 15.4. The van der Waals surface area contributed by atoms with Crippen LogP contribution in [0.25, 0.3) is 0 Å². The molecule has 0 aliphatic heterocycles. The molecule has 1 N–H and O–H groups in total. The third-order valence-electron chi connectivity index (χ3n) is 2.83. The van der Waals surface area contributed by atoms with Crippen molar-refractivity contribution < 1.29 is 19.0 Å². The summed E-state index contributed by atoms with van der Waals surface area (Å²) >= 11 is 7.00. The number of hydrogen-bond donors (Lipinski definition) is 1. The molecule has 0 radical (unpaired) electrons. The summed E-state index contributed by atoms with van der Waals surface area (Å²) in [5.74, 6) is -1.19. The number of aryl methyl sites for hydroxylation is 1. The highest BCUT2D eigenvalue weighted by molar-refractivity contribution is 7.14. The van der Waals surface area contributed by atoms with Crippen LogP contribution in [0.3, 0.4) is 0 Å². The number of benzene rings is 1. The fraction of sp³-hybridized carbons (Fsp3) is 0.267. The van der Waals surface area contributed by atoms with Crippen molar-refractivity contribution in [1.29, 1.82) is 0 Å². The second-order valence-corrected chi connectivity index (χ2v) is 6.06. The van der Waals surface area contributed by atoms with Crippen LogP contribution in [-0.2, 0) is 13.0 Å². The molecule has 3 nitrogen and oxygen atoms in total. The summed E-state index contributed by atoms with van der Waals surface area (Å²) in [6.07, 6.45) is 1.71. The molecule has 0 aliphatic rings. The molecule has 0 spiro atoms. The van der Waals surface area contributed by atoms with Gasteiger partial charge in [-0.3, -0.25) is 0 Å². The Labute approximate surface area is 130 Å². The van der Waals surface area contributed by atoms with Crippen LogP contribution >= 0.6 is 22.9 Å². The van der Waals surface area contributed by atoms with Crippen LogP contribution in [-0.4, -0.2) is 11.1 Å². The van der Waals surface area contributed by atoms with E-state index in [4.69, 9.17) is 16.3 Å². The Morgan fingerprint density at radius 1 is 1.43 bits per heavy atom. The van der Waals surface area contributed by atoms with E-state index in [1.807, 2.05) is 6.92 Å². The summed E-state index contributed by atoms with van der Waals surface area (Å²) < 4.78 is 19.1.